The summed E-state index contributed by atoms with van der Waals surface area (Å²) in [5.74, 6) is -0.524. The molecule has 1 aromatic rings. The first-order chi connectivity index (χ1) is 10.1. The molecule has 0 fully saturated rings. The minimum absolute atomic E-state index is 0.0387. The number of nitro groups is 1. The number of benzene rings is 1. The van der Waals surface area contributed by atoms with Crippen molar-refractivity contribution in [2.75, 3.05) is 6.54 Å². The Morgan fingerprint density at radius 3 is 2.55 bits per heavy atom. The molecule has 0 heterocycles. The number of rotatable bonds is 6. The maximum atomic E-state index is 12.2. The molecule has 7 heteroatoms. The van der Waals surface area contributed by atoms with Crippen molar-refractivity contribution in [1.29, 1.82) is 0 Å². The van der Waals surface area contributed by atoms with Crippen molar-refractivity contribution in [3.8, 4) is 0 Å². The first kappa shape index (κ1) is 18.4. The van der Waals surface area contributed by atoms with Gasteiger partial charge in [-0.05, 0) is 18.1 Å². The van der Waals surface area contributed by atoms with Gasteiger partial charge in [0.15, 0.2) is 0 Å². The lowest BCUT2D eigenvalue weighted by molar-refractivity contribution is -0.385. The number of halogens is 1. The van der Waals surface area contributed by atoms with E-state index in [1.54, 1.807) is 0 Å². The Morgan fingerprint density at radius 1 is 1.45 bits per heavy atom. The second-order valence-corrected chi connectivity index (χ2v) is 6.72. The van der Waals surface area contributed by atoms with Crippen LogP contribution in [-0.4, -0.2) is 28.6 Å². The lowest BCUT2D eigenvalue weighted by Crippen LogP contribution is -2.43. The predicted molar refractivity (Wildman–Crippen MR) is 85.1 cm³/mol. The normalized spacial score (nSPS) is 13.0. The van der Waals surface area contributed by atoms with Gasteiger partial charge in [0.1, 0.15) is 5.56 Å². The monoisotopic (exact) mass is 328 g/mol. The van der Waals surface area contributed by atoms with E-state index in [4.69, 9.17) is 11.6 Å². The summed E-state index contributed by atoms with van der Waals surface area (Å²) in [6.45, 7) is 7.63. The zero-order chi connectivity index (χ0) is 17.1. The van der Waals surface area contributed by atoms with Crippen molar-refractivity contribution in [2.24, 2.45) is 11.3 Å². The standard InChI is InChI=1S/C15H21ClN2O4/c1-9(2)13(19)15(3,4)8-17-14(20)11-6-5-10(16)7-12(11)18(21)22/h5-7,9,13,19H,8H2,1-4H3,(H,17,20). The van der Waals surface area contributed by atoms with Crippen LogP contribution in [0.2, 0.25) is 5.02 Å². The van der Waals surface area contributed by atoms with Crippen LogP contribution in [0.3, 0.4) is 0 Å². The molecule has 0 bridgehead atoms. The Kier molecular flexibility index (Phi) is 5.91. The minimum atomic E-state index is -0.644. The number of hydrogen-bond acceptors (Lipinski definition) is 4. The summed E-state index contributed by atoms with van der Waals surface area (Å²) in [7, 11) is 0. The molecule has 0 spiro atoms. The van der Waals surface area contributed by atoms with Gasteiger partial charge in [0.2, 0.25) is 0 Å². The number of hydrogen-bond donors (Lipinski definition) is 2. The Hall–Kier alpha value is -1.66. The molecule has 2 N–H and O–H groups in total. The molecule has 0 aliphatic rings. The first-order valence-electron chi connectivity index (χ1n) is 6.96. The van der Waals surface area contributed by atoms with E-state index in [-0.39, 0.29) is 28.7 Å². The van der Waals surface area contributed by atoms with Crippen molar-refractivity contribution in [3.05, 3.63) is 38.9 Å². The summed E-state index contributed by atoms with van der Waals surface area (Å²) < 4.78 is 0. The Morgan fingerprint density at radius 2 is 2.05 bits per heavy atom. The number of aliphatic hydroxyl groups excluding tert-OH is 1. The molecule has 1 amide bonds. The summed E-state index contributed by atoms with van der Waals surface area (Å²) >= 11 is 5.72. The Balaban J connectivity index is 2.89. The van der Waals surface area contributed by atoms with E-state index in [2.05, 4.69) is 5.32 Å². The van der Waals surface area contributed by atoms with E-state index < -0.39 is 22.3 Å². The lowest BCUT2D eigenvalue weighted by atomic mass is 9.80. The molecule has 0 aliphatic heterocycles. The highest BCUT2D eigenvalue weighted by molar-refractivity contribution is 6.31. The molecule has 1 unspecified atom stereocenters. The lowest BCUT2D eigenvalue weighted by Gasteiger charge is -2.33. The molecule has 0 aliphatic carbocycles. The van der Waals surface area contributed by atoms with Crippen LogP contribution < -0.4 is 5.32 Å². The summed E-state index contributed by atoms with van der Waals surface area (Å²) in [6, 6.07) is 3.89. The van der Waals surface area contributed by atoms with E-state index in [0.29, 0.717) is 0 Å². The quantitative estimate of drug-likeness (QED) is 0.620. The zero-order valence-electron chi connectivity index (χ0n) is 13.1. The second-order valence-electron chi connectivity index (χ2n) is 6.28. The molecular formula is C15H21ClN2O4. The van der Waals surface area contributed by atoms with Crippen molar-refractivity contribution in [2.45, 2.75) is 33.8 Å². The highest BCUT2D eigenvalue weighted by atomic mass is 35.5. The van der Waals surface area contributed by atoms with E-state index in [0.717, 1.165) is 6.07 Å². The molecule has 1 aromatic carbocycles. The van der Waals surface area contributed by atoms with Gasteiger partial charge < -0.3 is 10.4 Å². The van der Waals surface area contributed by atoms with Gasteiger partial charge in [-0.3, -0.25) is 14.9 Å². The molecule has 0 radical (unpaired) electrons. The first-order valence-corrected chi connectivity index (χ1v) is 7.34. The topological polar surface area (TPSA) is 92.5 Å². The highest BCUT2D eigenvalue weighted by Crippen LogP contribution is 2.26. The van der Waals surface area contributed by atoms with Gasteiger partial charge in [0.25, 0.3) is 11.6 Å². The third-order valence-corrected chi connectivity index (χ3v) is 3.77. The summed E-state index contributed by atoms with van der Waals surface area (Å²) in [4.78, 5) is 22.5. The van der Waals surface area contributed by atoms with Gasteiger partial charge >= 0.3 is 0 Å². The van der Waals surface area contributed by atoms with Crippen molar-refractivity contribution >= 4 is 23.2 Å². The maximum absolute atomic E-state index is 12.2. The van der Waals surface area contributed by atoms with E-state index >= 15 is 0 Å². The van der Waals surface area contributed by atoms with E-state index in [9.17, 15) is 20.0 Å². The van der Waals surface area contributed by atoms with E-state index in [1.807, 2.05) is 27.7 Å². The van der Waals surface area contributed by atoms with Crippen LogP contribution in [0.5, 0.6) is 0 Å². The summed E-state index contributed by atoms with van der Waals surface area (Å²) in [5.41, 5.74) is -0.943. The van der Waals surface area contributed by atoms with Gasteiger partial charge in [-0.2, -0.15) is 0 Å². The van der Waals surface area contributed by atoms with Crippen LogP contribution in [0.25, 0.3) is 0 Å². The third-order valence-electron chi connectivity index (χ3n) is 3.54. The molecule has 22 heavy (non-hydrogen) atoms. The molecule has 0 aromatic heterocycles. The van der Waals surface area contributed by atoms with Gasteiger partial charge in [-0.25, -0.2) is 0 Å². The van der Waals surface area contributed by atoms with E-state index in [1.165, 1.54) is 12.1 Å². The largest absolute Gasteiger partial charge is 0.392 e. The zero-order valence-corrected chi connectivity index (χ0v) is 13.8. The molecule has 0 saturated carbocycles. The number of aliphatic hydroxyl groups is 1. The summed E-state index contributed by atoms with van der Waals surface area (Å²) in [5, 5.41) is 24.0. The smallest absolute Gasteiger partial charge is 0.283 e. The third kappa shape index (κ3) is 4.42. The molecular weight excluding hydrogens is 308 g/mol. The van der Waals surface area contributed by atoms with Gasteiger partial charge in [-0.15, -0.1) is 0 Å². The second kappa shape index (κ2) is 7.07. The van der Waals surface area contributed by atoms with Crippen molar-refractivity contribution < 1.29 is 14.8 Å². The average molecular weight is 329 g/mol. The number of nitrogens with zero attached hydrogens (tertiary/aromatic N) is 1. The molecule has 0 saturated heterocycles. The number of amides is 1. The molecule has 6 nitrogen and oxygen atoms in total. The number of carbonyl (C=O) groups excluding carboxylic acids is 1. The molecule has 122 valence electrons. The maximum Gasteiger partial charge on any atom is 0.283 e. The number of carbonyl (C=O) groups is 1. The highest BCUT2D eigenvalue weighted by Gasteiger charge is 2.31. The SMILES string of the molecule is CC(C)C(O)C(C)(C)CNC(=O)c1ccc(Cl)cc1[N+](=O)[O-]. The fraction of sp³-hybridized carbons (Fsp3) is 0.533. The predicted octanol–water partition coefficient (Wildman–Crippen LogP) is 3.02. The fourth-order valence-electron chi connectivity index (χ4n) is 2.26. The van der Waals surface area contributed by atoms with Crippen LogP contribution in [0.15, 0.2) is 18.2 Å². The number of nitrogens with one attached hydrogen (secondary N) is 1. The van der Waals surface area contributed by atoms with Crippen LogP contribution >= 0.6 is 11.6 Å². The van der Waals surface area contributed by atoms with Crippen LogP contribution in [-0.2, 0) is 0 Å². The van der Waals surface area contributed by atoms with Crippen molar-refractivity contribution in [1.82, 2.24) is 5.32 Å². The Labute approximate surface area is 134 Å². The van der Waals surface area contributed by atoms with Crippen molar-refractivity contribution in [3.63, 3.8) is 0 Å². The molecule has 1 rings (SSSR count). The van der Waals surface area contributed by atoms with Gasteiger partial charge in [-0.1, -0.05) is 39.3 Å². The minimum Gasteiger partial charge on any atom is -0.392 e. The fourth-order valence-corrected chi connectivity index (χ4v) is 2.42. The van der Waals surface area contributed by atoms with Crippen LogP contribution in [0.4, 0.5) is 5.69 Å². The summed E-state index contributed by atoms with van der Waals surface area (Å²) in [6.07, 6.45) is -0.604. The Bertz CT molecular complexity index is 573. The number of nitro benzene ring substituents is 1. The van der Waals surface area contributed by atoms with Crippen LogP contribution in [0.1, 0.15) is 38.1 Å². The van der Waals surface area contributed by atoms with Gasteiger partial charge in [0.05, 0.1) is 11.0 Å². The van der Waals surface area contributed by atoms with Gasteiger partial charge in [0, 0.05) is 23.0 Å². The average Bonchev–Trinajstić information content (AvgIpc) is 2.43. The molecule has 1 atom stereocenters. The van der Waals surface area contributed by atoms with Crippen LogP contribution in [0, 0.1) is 21.4 Å².